The molecule has 2 atom stereocenters. The van der Waals surface area contributed by atoms with Crippen molar-refractivity contribution in [2.45, 2.75) is 39.2 Å². The number of para-hydroxylation sites is 2. The molecule has 1 aliphatic rings. The fourth-order valence-corrected chi connectivity index (χ4v) is 4.38. The van der Waals surface area contributed by atoms with Gasteiger partial charge in [-0.15, -0.1) is 0 Å². The number of hydrogen-bond donors (Lipinski definition) is 0. The van der Waals surface area contributed by atoms with Crippen molar-refractivity contribution in [2.24, 2.45) is 5.92 Å². The highest BCUT2D eigenvalue weighted by Crippen LogP contribution is 2.28. The van der Waals surface area contributed by atoms with Crippen LogP contribution in [-0.4, -0.2) is 43.4 Å². The second-order valence-electron chi connectivity index (χ2n) is 8.37. The van der Waals surface area contributed by atoms with Crippen molar-refractivity contribution >= 4 is 17.0 Å². The maximum Gasteiger partial charge on any atom is 0.256 e. The van der Waals surface area contributed by atoms with Gasteiger partial charge in [0.2, 0.25) is 0 Å². The van der Waals surface area contributed by atoms with Gasteiger partial charge in [0.15, 0.2) is 11.5 Å². The van der Waals surface area contributed by atoms with Gasteiger partial charge < -0.3 is 9.32 Å². The lowest BCUT2D eigenvalue weighted by molar-refractivity contribution is 0.0554. The summed E-state index contributed by atoms with van der Waals surface area (Å²) in [7, 11) is 0. The van der Waals surface area contributed by atoms with Crippen LogP contribution in [0.15, 0.2) is 59.3 Å². The lowest BCUT2D eigenvalue weighted by atomic mass is 9.90. The number of carbonyl (C=O) groups excluding carboxylic acids is 1. The van der Waals surface area contributed by atoms with Crippen molar-refractivity contribution in [3.8, 4) is 5.69 Å². The number of carbonyl (C=O) groups is 1. The molecule has 1 fully saturated rings. The summed E-state index contributed by atoms with van der Waals surface area (Å²) in [6.07, 6.45) is 5.97. The van der Waals surface area contributed by atoms with Crippen LogP contribution in [0.2, 0.25) is 0 Å². The Bertz CT molecular complexity index is 1180. The highest BCUT2D eigenvalue weighted by molar-refractivity contribution is 5.98. The van der Waals surface area contributed by atoms with Crippen LogP contribution in [0, 0.1) is 12.8 Å². The number of hydrogen-bond acceptors (Lipinski definition) is 5. The predicted molar refractivity (Wildman–Crippen MR) is 117 cm³/mol. The van der Waals surface area contributed by atoms with E-state index < -0.39 is 0 Å². The fourth-order valence-electron chi connectivity index (χ4n) is 4.38. The van der Waals surface area contributed by atoms with E-state index in [1.807, 2.05) is 54.3 Å². The van der Waals surface area contributed by atoms with Crippen molar-refractivity contribution in [1.82, 2.24) is 24.9 Å². The Morgan fingerprint density at radius 1 is 1.13 bits per heavy atom. The zero-order chi connectivity index (χ0) is 21.4. The largest absolute Gasteiger partial charge is 0.441 e. The molecule has 0 bridgehead atoms. The molecular weight excluding hydrogens is 390 g/mol. The van der Waals surface area contributed by atoms with Crippen LogP contribution in [0.5, 0.6) is 0 Å². The molecular formula is C24H25N5O2. The third-order valence-corrected chi connectivity index (χ3v) is 6.06. The van der Waals surface area contributed by atoms with E-state index in [-0.39, 0.29) is 11.9 Å². The lowest BCUT2D eigenvalue weighted by Gasteiger charge is -2.38. The van der Waals surface area contributed by atoms with Gasteiger partial charge in [0, 0.05) is 19.0 Å². The average molecular weight is 415 g/mol. The van der Waals surface area contributed by atoms with E-state index >= 15 is 0 Å². The van der Waals surface area contributed by atoms with E-state index in [1.165, 1.54) is 4.80 Å². The number of oxazole rings is 1. The van der Waals surface area contributed by atoms with Gasteiger partial charge in [0.1, 0.15) is 5.52 Å². The number of rotatable bonds is 4. The molecule has 7 heteroatoms. The van der Waals surface area contributed by atoms with Gasteiger partial charge in [-0.3, -0.25) is 4.79 Å². The van der Waals surface area contributed by atoms with E-state index in [4.69, 9.17) is 4.42 Å². The first-order valence-corrected chi connectivity index (χ1v) is 10.7. The molecule has 2 aromatic carbocycles. The van der Waals surface area contributed by atoms with Crippen LogP contribution >= 0.6 is 0 Å². The summed E-state index contributed by atoms with van der Waals surface area (Å²) >= 11 is 0. The van der Waals surface area contributed by atoms with Crippen molar-refractivity contribution in [1.29, 1.82) is 0 Å². The number of amides is 1. The zero-order valence-corrected chi connectivity index (χ0v) is 17.7. The minimum absolute atomic E-state index is 0.0192. The molecule has 5 rings (SSSR count). The van der Waals surface area contributed by atoms with Gasteiger partial charge in [-0.2, -0.15) is 15.0 Å². The maximum absolute atomic E-state index is 13.6. The summed E-state index contributed by atoms with van der Waals surface area (Å²) in [5.74, 6) is 1.07. The molecule has 1 saturated heterocycles. The second-order valence-corrected chi connectivity index (χ2v) is 8.37. The van der Waals surface area contributed by atoms with E-state index in [9.17, 15) is 4.79 Å². The SMILES string of the molecule is Cc1ccc(-n2nccn2)c(C(=O)N2C[C@@H](Cc3nc4ccccc4o3)CCC2C)c1. The maximum atomic E-state index is 13.6. The molecule has 31 heavy (non-hydrogen) atoms. The summed E-state index contributed by atoms with van der Waals surface area (Å²) in [6, 6.07) is 13.8. The number of likely N-dealkylation sites (tertiary alicyclic amines) is 1. The van der Waals surface area contributed by atoms with Crippen LogP contribution in [-0.2, 0) is 6.42 Å². The first-order valence-electron chi connectivity index (χ1n) is 10.7. The molecule has 2 aromatic heterocycles. The molecule has 0 spiro atoms. The molecule has 0 N–H and O–H groups in total. The normalized spacial score (nSPS) is 19.1. The molecule has 3 heterocycles. The summed E-state index contributed by atoms with van der Waals surface area (Å²) in [5.41, 5.74) is 4.06. The monoisotopic (exact) mass is 415 g/mol. The lowest BCUT2D eigenvalue weighted by Crippen LogP contribution is -2.46. The van der Waals surface area contributed by atoms with Gasteiger partial charge in [0.05, 0.1) is 23.6 Å². The molecule has 0 saturated carbocycles. The Labute approximate surface area is 180 Å². The molecule has 158 valence electrons. The highest BCUT2D eigenvalue weighted by atomic mass is 16.3. The first kappa shape index (κ1) is 19.5. The van der Waals surface area contributed by atoms with Crippen LogP contribution < -0.4 is 0 Å². The Morgan fingerprint density at radius 2 is 1.94 bits per heavy atom. The number of nitrogens with zero attached hydrogens (tertiary/aromatic N) is 5. The van der Waals surface area contributed by atoms with Gasteiger partial charge >= 0.3 is 0 Å². The minimum Gasteiger partial charge on any atom is -0.441 e. The van der Waals surface area contributed by atoms with Gasteiger partial charge in [0.25, 0.3) is 5.91 Å². The van der Waals surface area contributed by atoms with E-state index in [0.29, 0.717) is 23.7 Å². The topological polar surface area (TPSA) is 77.1 Å². The predicted octanol–water partition coefficient (Wildman–Crippen LogP) is 4.20. The molecule has 0 aliphatic carbocycles. The van der Waals surface area contributed by atoms with Gasteiger partial charge in [-0.25, -0.2) is 4.98 Å². The number of aryl methyl sites for hydroxylation is 1. The van der Waals surface area contributed by atoms with Crippen LogP contribution in [0.1, 0.15) is 41.6 Å². The van der Waals surface area contributed by atoms with Crippen LogP contribution in [0.3, 0.4) is 0 Å². The molecule has 1 unspecified atom stereocenters. The molecule has 4 aromatic rings. The smallest absolute Gasteiger partial charge is 0.256 e. The Hall–Kier alpha value is -3.48. The van der Waals surface area contributed by atoms with Crippen LogP contribution in [0.4, 0.5) is 0 Å². The highest BCUT2D eigenvalue weighted by Gasteiger charge is 2.32. The second kappa shape index (κ2) is 7.98. The molecule has 1 amide bonds. The van der Waals surface area contributed by atoms with Crippen molar-refractivity contribution < 1.29 is 9.21 Å². The third kappa shape index (κ3) is 3.83. The van der Waals surface area contributed by atoms with Crippen molar-refractivity contribution in [3.63, 3.8) is 0 Å². The van der Waals surface area contributed by atoms with Crippen molar-refractivity contribution in [3.05, 3.63) is 71.9 Å². The quantitative estimate of drug-likeness (QED) is 0.499. The first-order chi connectivity index (χ1) is 15.1. The summed E-state index contributed by atoms with van der Waals surface area (Å²) in [6.45, 7) is 4.79. The number of piperidine rings is 1. The van der Waals surface area contributed by atoms with Gasteiger partial charge in [-0.1, -0.05) is 23.8 Å². The Kier molecular flexibility index (Phi) is 5.02. The Morgan fingerprint density at radius 3 is 2.74 bits per heavy atom. The summed E-state index contributed by atoms with van der Waals surface area (Å²) in [5, 5.41) is 8.46. The zero-order valence-electron chi connectivity index (χ0n) is 17.7. The van der Waals surface area contributed by atoms with Crippen LogP contribution in [0.25, 0.3) is 16.8 Å². The van der Waals surface area contributed by atoms with E-state index in [2.05, 4.69) is 22.1 Å². The number of aromatic nitrogens is 4. The number of fused-ring (bicyclic) bond motifs is 1. The average Bonchev–Trinajstić information content (AvgIpc) is 3.44. The van der Waals surface area contributed by atoms with E-state index in [1.54, 1.807) is 12.4 Å². The molecule has 1 aliphatic heterocycles. The van der Waals surface area contributed by atoms with Crippen molar-refractivity contribution in [2.75, 3.05) is 6.54 Å². The van der Waals surface area contributed by atoms with Gasteiger partial charge in [-0.05, 0) is 56.9 Å². The summed E-state index contributed by atoms with van der Waals surface area (Å²) in [4.78, 5) is 21.8. The molecule has 7 nitrogen and oxygen atoms in total. The third-order valence-electron chi connectivity index (χ3n) is 6.06. The number of benzene rings is 2. The summed E-state index contributed by atoms with van der Waals surface area (Å²) < 4.78 is 5.93. The standard InChI is InChI=1S/C24H25N5O2/c1-16-7-10-21(29-25-11-12-26-29)19(13-16)24(30)28-15-18(9-8-17(28)2)14-23-27-20-5-3-4-6-22(20)31-23/h3-7,10-13,17-18H,8-9,14-15H2,1-2H3/t17?,18-/m1/s1. The minimum atomic E-state index is 0.0192. The Balaban J connectivity index is 1.39. The fraction of sp³-hybridized carbons (Fsp3) is 0.333. The van der Waals surface area contributed by atoms with E-state index in [0.717, 1.165) is 41.8 Å². The molecule has 0 radical (unpaired) electrons.